The van der Waals surface area contributed by atoms with Gasteiger partial charge in [0.2, 0.25) is 0 Å². The van der Waals surface area contributed by atoms with Crippen LogP contribution in [0.1, 0.15) is 54.9 Å². The van der Waals surface area contributed by atoms with E-state index < -0.39 is 20.0 Å². The van der Waals surface area contributed by atoms with Crippen LogP contribution in [0.5, 0.6) is 0 Å². The Labute approximate surface area is 153 Å². The van der Waals surface area contributed by atoms with E-state index in [2.05, 4.69) is 33.9 Å². The first-order valence-corrected chi connectivity index (χ1v) is 12.0. The van der Waals surface area contributed by atoms with E-state index in [1.54, 1.807) is 6.08 Å². The maximum atomic E-state index is 12.6. The third-order valence-corrected chi connectivity index (χ3v) is 9.42. The predicted octanol–water partition coefficient (Wildman–Crippen LogP) is 4.53. The molecule has 0 N–H and O–H groups in total. The van der Waals surface area contributed by atoms with Crippen LogP contribution in [-0.2, 0) is 14.0 Å². The molecule has 1 amide bonds. The van der Waals surface area contributed by atoms with Gasteiger partial charge in [0.15, 0.2) is 14.1 Å². The third-order valence-electron chi connectivity index (χ3n) is 4.92. The highest BCUT2D eigenvalue weighted by Gasteiger charge is 2.40. The van der Waals surface area contributed by atoms with Gasteiger partial charge in [0.25, 0.3) is 0 Å². The van der Waals surface area contributed by atoms with E-state index in [0.29, 0.717) is 13.0 Å². The van der Waals surface area contributed by atoms with Crippen molar-refractivity contribution < 1.29 is 18.8 Å². The number of hydrogen-bond donors (Lipinski definition) is 0. The van der Waals surface area contributed by atoms with Crippen LogP contribution in [0.25, 0.3) is 0 Å². The summed E-state index contributed by atoms with van der Waals surface area (Å²) in [5, 5.41) is 0.0876. The number of ketones is 1. The van der Waals surface area contributed by atoms with E-state index in [1.165, 1.54) is 4.90 Å². The summed E-state index contributed by atoms with van der Waals surface area (Å²) in [4.78, 5) is 26.2. The summed E-state index contributed by atoms with van der Waals surface area (Å²) in [6.45, 7) is 18.9. The van der Waals surface area contributed by atoms with E-state index in [4.69, 9.17) is 9.16 Å². The van der Waals surface area contributed by atoms with Crippen molar-refractivity contribution in [3.63, 3.8) is 0 Å². The first-order chi connectivity index (χ1) is 11.2. The van der Waals surface area contributed by atoms with Gasteiger partial charge in [0, 0.05) is 0 Å². The molecule has 1 atom stereocenters. The first kappa shape index (κ1) is 21.9. The van der Waals surface area contributed by atoms with Crippen LogP contribution in [0.3, 0.4) is 0 Å². The van der Waals surface area contributed by atoms with Crippen LogP contribution in [0, 0.1) is 0 Å². The Hall–Kier alpha value is -1.14. The molecule has 0 aromatic rings. The molecule has 0 aliphatic carbocycles. The normalized spacial score (nSPS) is 19.7. The van der Waals surface area contributed by atoms with Crippen molar-refractivity contribution >= 4 is 20.2 Å². The monoisotopic (exact) mass is 369 g/mol. The molecule has 0 saturated carbocycles. The van der Waals surface area contributed by atoms with Gasteiger partial charge in [-0.25, -0.2) is 4.79 Å². The summed E-state index contributed by atoms with van der Waals surface area (Å²) in [6.07, 6.45) is 1.92. The van der Waals surface area contributed by atoms with Gasteiger partial charge in [0.05, 0.1) is 19.2 Å². The molecule has 5 nitrogen and oxygen atoms in total. The van der Waals surface area contributed by atoms with E-state index in [1.807, 2.05) is 27.7 Å². The Kier molecular flexibility index (Phi) is 6.67. The second-order valence-corrected chi connectivity index (χ2v) is 14.0. The Balaban J connectivity index is 3.04. The summed E-state index contributed by atoms with van der Waals surface area (Å²) in [6, 6.07) is -0.244. The summed E-state index contributed by atoms with van der Waals surface area (Å²) >= 11 is 0. The van der Waals surface area contributed by atoms with Gasteiger partial charge in [-0.2, -0.15) is 0 Å². The summed E-state index contributed by atoms with van der Waals surface area (Å²) in [5.41, 5.74) is 0.333. The highest BCUT2D eigenvalue weighted by atomic mass is 28.4. The number of nitrogens with zero attached hydrogens (tertiary/aromatic N) is 1. The molecule has 0 radical (unpaired) electrons. The number of rotatable bonds is 4. The lowest BCUT2D eigenvalue weighted by molar-refractivity contribution is -0.117. The summed E-state index contributed by atoms with van der Waals surface area (Å²) in [5.74, 6) is -0.0636. The fraction of sp³-hybridized carbons (Fsp3) is 0.789. The lowest BCUT2D eigenvalue weighted by atomic mass is 9.98. The molecule has 1 rings (SSSR count). The molecular formula is C19H35NO4Si. The smallest absolute Gasteiger partial charge is 0.411 e. The molecular weight excluding hydrogens is 334 g/mol. The van der Waals surface area contributed by atoms with Gasteiger partial charge < -0.3 is 9.16 Å². The van der Waals surface area contributed by atoms with Crippen LogP contribution in [0.4, 0.5) is 4.79 Å². The predicted molar refractivity (Wildman–Crippen MR) is 103 cm³/mol. The highest BCUT2D eigenvalue weighted by Crippen LogP contribution is 2.37. The van der Waals surface area contributed by atoms with Crippen molar-refractivity contribution in [3.05, 3.63) is 11.6 Å². The van der Waals surface area contributed by atoms with E-state index in [9.17, 15) is 9.59 Å². The van der Waals surface area contributed by atoms with Gasteiger partial charge in [0.1, 0.15) is 5.60 Å². The minimum absolute atomic E-state index is 0.0456. The van der Waals surface area contributed by atoms with Crippen LogP contribution >= 0.6 is 0 Å². The number of amides is 1. The van der Waals surface area contributed by atoms with Crippen LogP contribution in [-0.4, -0.2) is 49.9 Å². The average molecular weight is 370 g/mol. The molecule has 0 unspecified atom stereocenters. The van der Waals surface area contributed by atoms with Crippen molar-refractivity contribution in [2.24, 2.45) is 0 Å². The first-order valence-electron chi connectivity index (χ1n) is 9.05. The maximum absolute atomic E-state index is 12.6. The Bertz CT molecular complexity index is 541. The standard InChI is InChI=1S/C19H35NO4Si/c1-10-14-11-15(21)12-20(17(22)24-18(2,3)4)16(14)13-23-25(8,9)19(5,6)7/h11,16H,10,12-13H2,1-9H3/t16-/m1/s1. The summed E-state index contributed by atoms with van der Waals surface area (Å²) < 4.78 is 11.9. The number of carbonyl (C=O) groups excluding carboxylic acids is 2. The molecule has 144 valence electrons. The SMILES string of the molecule is CCC1=CC(=O)CN(C(=O)OC(C)(C)C)[C@@H]1CO[Si](C)(C)C(C)(C)C. The van der Waals surface area contributed by atoms with Gasteiger partial charge in [-0.3, -0.25) is 9.69 Å². The van der Waals surface area contributed by atoms with Crippen molar-refractivity contribution in [1.29, 1.82) is 0 Å². The van der Waals surface area contributed by atoms with Crippen molar-refractivity contribution in [1.82, 2.24) is 4.90 Å². The molecule has 1 heterocycles. The van der Waals surface area contributed by atoms with Gasteiger partial charge in [-0.05, 0) is 57.0 Å². The minimum Gasteiger partial charge on any atom is -0.444 e. The second-order valence-electron chi connectivity index (χ2n) is 9.23. The molecule has 0 saturated heterocycles. The molecule has 6 heteroatoms. The van der Waals surface area contributed by atoms with Crippen molar-refractivity contribution in [3.8, 4) is 0 Å². The van der Waals surface area contributed by atoms with Crippen molar-refractivity contribution in [2.45, 2.75) is 84.7 Å². The zero-order valence-corrected chi connectivity index (χ0v) is 18.4. The van der Waals surface area contributed by atoms with Gasteiger partial charge in [-0.15, -0.1) is 0 Å². The van der Waals surface area contributed by atoms with Crippen molar-refractivity contribution in [2.75, 3.05) is 13.2 Å². The highest BCUT2D eigenvalue weighted by molar-refractivity contribution is 6.74. The molecule has 1 aliphatic rings. The minimum atomic E-state index is -1.95. The molecule has 0 bridgehead atoms. The largest absolute Gasteiger partial charge is 0.444 e. The lowest BCUT2D eigenvalue weighted by Gasteiger charge is -2.41. The Morgan fingerprint density at radius 1 is 1.24 bits per heavy atom. The maximum Gasteiger partial charge on any atom is 0.411 e. The molecule has 0 fully saturated rings. The quantitative estimate of drug-likeness (QED) is 0.683. The molecule has 25 heavy (non-hydrogen) atoms. The zero-order chi connectivity index (χ0) is 19.6. The molecule has 0 spiro atoms. The lowest BCUT2D eigenvalue weighted by Crippen LogP contribution is -2.53. The van der Waals surface area contributed by atoms with E-state index >= 15 is 0 Å². The van der Waals surface area contributed by atoms with E-state index in [0.717, 1.165) is 5.57 Å². The van der Waals surface area contributed by atoms with Crippen LogP contribution in [0.15, 0.2) is 11.6 Å². The number of hydrogen-bond acceptors (Lipinski definition) is 4. The summed E-state index contributed by atoms with van der Waals surface area (Å²) in [7, 11) is -1.95. The zero-order valence-electron chi connectivity index (χ0n) is 17.4. The number of ether oxygens (including phenoxy) is 1. The third kappa shape index (κ3) is 5.96. The second kappa shape index (κ2) is 7.62. The Morgan fingerprint density at radius 3 is 2.24 bits per heavy atom. The topological polar surface area (TPSA) is 55.8 Å². The molecule has 0 aromatic carbocycles. The van der Waals surface area contributed by atoms with E-state index in [-0.39, 0.29) is 23.4 Å². The average Bonchev–Trinajstić information content (AvgIpc) is 2.41. The Morgan fingerprint density at radius 2 is 1.80 bits per heavy atom. The van der Waals surface area contributed by atoms with Gasteiger partial charge in [-0.1, -0.05) is 27.7 Å². The fourth-order valence-electron chi connectivity index (χ4n) is 2.38. The molecule has 0 aromatic heterocycles. The van der Waals surface area contributed by atoms with Gasteiger partial charge >= 0.3 is 6.09 Å². The number of carbonyl (C=O) groups is 2. The fourth-order valence-corrected chi connectivity index (χ4v) is 3.39. The van der Waals surface area contributed by atoms with Crippen LogP contribution < -0.4 is 0 Å². The molecule has 1 aliphatic heterocycles. The van der Waals surface area contributed by atoms with Crippen LogP contribution in [0.2, 0.25) is 18.1 Å².